The van der Waals surface area contributed by atoms with Gasteiger partial charge in [0.05, 0.1) is 0 Å². The summed E-state index contributed by atoms with van der Waals surface area (Å²) in [6.45, 7) is 8.81. The van der Waals surface area contributed by atoms with Crippen LogP contribution >= 0.6 is 24.4 Å². The molecule has 0 rings (SSSR count). The molecule has 0 nitrogen and oxygen atoms in total. The minimum atomic E-state index is 0.511. The molecule has 0 aromatic carbocycles. The van der Waals surface area contributed by atoms with Gasteiger partial charge in [-0.1, -0.05) is 27.7 Å². The molecule has 2 heteroatoms. The van der Waals surface area contributed by atoms with E-state index < -0.39 is 0 Å². The van der Waals surface area contributed by atoms with Gasteiger partial charge in [0.1, 0.15) is 0 Å². The molecule has 0 fully saturated rings. The second-order valence-corrected chi connectivity index (χ2v) is 5.40. The summed E-state index contributed by atoms with van der Waals surface area (Å²) in [5.41, 5.74) is 0. The highest BCUT2D eigenvalue weighted by Gasteiger charge is 2.09. The fourth-order valence-electron chi connectivity index (χ4n) is 0.543. The van der Waals surface area contributed by atoms with Crippen molar-refractivity contribution >= 4 is 24.4 Å². The predicted octanol–water partition coefficient (Wildman–Crippen LogP) is 2.83. The summed E-state index contributed by atoms with van der Waals surface area (Å²) >= 11 is 6.33. The van der Waals surface area contributed by atoms with Crippen molar-refractivity contribution in [2.45, 2.75) is 43.4 Å². The van der Waals surface area contributed by atoms with E-state index in [-0.39, 0.29) is 0 Å². The maximum Gasteiger partial charge on any atom is 0.0135 e. The van der Waals surface area contributed by atoms with Gasteiger partial charge < -0.3 is 0 Å². The summed E-state index contributed by atoms with van der Waals surface area (Å²) in [7, 11) is 0. The van der Waals surface area contributed by atoms with Crippen LogP contribution in [0.1, 0.15) is 27.7 Å². The van der Waals surface area contributed by atoms with Crippen LogP contribution in [0.25, 0.3) is 0 Å². The average Bonchev–Trinajstić information content (AvgIpc) is 1.63. The third-order valence-corrected chi connectivity index (χ3v) is 3.20. The van der Waals surface area contributed by atoms with Crippen LogP contribution in [-0.2, 0) is 0 Å². The molecule has 2 unspecified atom stereocenters. The zero-order valence-corrected chi connectivity index (χ0v) is 8.30. The summed E-state index contributed by atoms with van der Waals surface area (Å²) in [6.07, 6.45) is 0. The molecule has 0 aromatic heterocycles. The number of thioether (sulfide) groups is 1. The van der Waals surface area contributed by atoms with Gasteiger partial charge in [0, 0.05) is 10.5 Å². The number of hydrogen-bond donors (Lipinski definition) is 1. The third kappa shape index (κ3) is 5.16. The van der Waals surface area contributed by atoms with Crippen LogP contribution in [0.2, 0.25) is 0 Å². The molecule has 0 heterocycles. The van der Waals surface area contributed by atoms with Crippen molar-refractivity contribution in [2.24, 2.45) is 0 Å². The van der Waals surface area contributed by atoms with E-state index in [9.17, 15) is 0 Å². The van der Waals surface area contributed by atoms with Gasteiger partial charge in [-0.15, -0.1) is 0 Å². The lowest BCUT2D eigenvalue weighted by molar-refractivity contribution is 0.921. The van der Waals surface area contributed by atoms with Crippen LogP contribution in [0.3, 0.4) is 0 Å². The van der Waals surface area contributed by atoms with Gasteiger partial charge in [-0.2, -0.15) is 24.4 Å². The van der Waals surface area contributed by atoms with Crippen molar-refractivity contribution in [2.75, 3.05) is 0 Å². The first kappa shape index (κ1) is 9.70. The van der Waals surface area contributed by atoms with Crippen molar-refractivity contribution < 1.29 is 0 Å². The molecule has 56 valence electrons. The molecule has 0 amide bonds. The molecule has 2 atom stereocenters. The molecular formula is C7H16S2. The number of rotatable bonds is 3. The van der Waals surface area contributed by atoms with Gasteiger partial charge in [0.15, 0.2) is 0 Å². The third-order valence-electron chi connectivity index (χ3n) is 1.17. The molecule has 0 saturated heterocycles. The Balaban J connectivity index is 3.38. The van der Waals surface area contributed by atoms with Crippen LogP contribution < -0.4 is 0 Å². The summed E-state index contributed by atoms with van der Waals surface area (Å²) in [4.78, 5) is 0. The molecule has 0 aromatic rings. The molecule has 0 aliphatic heterocycles. The Morgan fingerprint density at radius 1 is 1.11 bits per heavy atom. The predicted molar refractivity (Wildman–Crippen MR) is 50.6 cm³/mol. The fourth-order valence-corrected chi connectivity index (χ4v) is 1.84. The van der Waals surface area contributed by atoms with Crippen molar-refractivity contribution in [1.29, 1.82) is 0 Å². The van der Waals surface area contributed by atoms with Gasteiger partial charge >= 0.3 is 0 Å². The van der Waals surface area contributed by atoms with E-state index in [4.69, 9.17) is 0 Å². The van der Waals surface area contributed by atoms with Crippen LogP contribution in [0.4, 0.5) is 0 Å². The molecular weight excluding hydrogens is 148 g/mol. The first-order valence-electron chi connectivity index (χ1n) is 3.37. The molecule has 9 heavy (non-hydrogen) atoms. The molecule has 0 aliphatic carbocycles. The van der Waals surface area contributed by atoms with Crippen molar-refractivity contribution in [3.05, 3.63) is 0 Å². The fraction of sp³-hybridized carbons (Fsp3) is 1.00. The average molecular weight is 164 g/mol. The van der Waals surface area contributed by atoms with Gasteiger partial charge in [-0.3, -0.25) is 0 Å². The summed E-state index contributed by atoms with van der Waals surface area (Å²) < 4.78 is 0. The van der Waals surface area contributed by atoms with Crippen LogP contribution in [-0.4, -0.2) is 15.7 Å². The molecule has 0 aliphatic rings. The summed E-state index contributed by atoms with van der Waals surface area (Å²) in [5.74, 6) is 0. The zero-order valence-electron chi connectivity index (χ0n) is 6.59. The molecule has 0 N–H and O–H groups in total. The maximum atomic E-state index is 4.35. The zero-order chi connectivity index (χ0) is 7.44. The summed E-state index contributed by atoms with van der Waals surface area (Å²) in [6, 6.07) is 0. The van der Waals surface area contributed by atoms with Gasteiger partial charge in [-0.25, -0.2) is 0 Å². The minimum Gasteiger partial charge on any atom is -0.175 e. The summed E-state index contributed by atoms with van der Waals surface area (Å²) in [5, 5.41) is 1.92. The number of hydrogen-bond acceptors (Lipinski definition) is 2. The highest BCUT2D eigenvalue weighted by atomic mass is 32.2. The first-order valence-corrected chi connectivity index (χ1v) is 4.83. The Bertz CT molecular complexity index is 69.3. The van der Waals surface area contributed by atoms with Crippen molar-refractivity contribution in [3.8, 4) is 0 Å². The lowest BCUT2D eigenvalue weighted by atomic mass is 10.4. The Kier molecular flexibility index (Phi) is 4.86. The van der Waals surface area contributed by atoms with E-state index >= 15 is 0 Å². The largest absolute Gasteiger partial charge is 0.175 e. The lowest BCUT2D eigenvalue weighted by Gasteiger charge is -2.16. The second-order valence-electron chi connectivity index (χ2n) is 2.63. The SMILES string of the molecule is CC(C)SC(C)C(C)S. The Hall–Kier alpha value is 0.700. The monoisotopic (exact) mass is 164 g/mol. The van der Waals surface area contributed by atoms with E-state index in [2.05, 4.69) is 40.3 Å². The Morgan fingerprint density at radius 2 is 1.56 bits per heavy atom. The Labute approximate surface area is 68.2 Å². The molecule has 0 spiro atoms. The van der Waals surface area contributed by atoms with E-state index in [1.807, 2.05) is 11.8 Å². The quantitative estimate of drug-likeness (QED) is 0.626. The van der Waals surface area contributed by atoms with Gasteiger partial charge in [-0.05, 0) is 5.25 Å². The maximum absolute atomic E-state index is 4.35. The second kappa shape index (κ2) is 4.51. The van der Waals surface area contributed by atoms with E-state index in [1.54, 1.807) is 0 Å². The lowest BCUT2D eigenvalue weighted by Crippen LogP contribution is -2.11. The standard InChI is InChI=1S/C7H16S2/c1-5(2)9-7(4)6(3)8/h5-8H,1-4H3. The highest BCUT2D eigenvalue weighted by molar-refractivity contribution is 8.01. The Morgan fingerprint density at radius 3 is 1.67 bits per heavy atom. The first-order chi connectivity index (χ1) is 4.04. The van der Waals surface area contributed by atoms with E-state index in [0.29, 0.717) is 10.5 Å². The topological polar surface area (TPSA) is 0 Å². The highest BCUT2D eigenvalue weighted by Crippen LogP contribution is 2.21. The molecule has 0 radical (unpaired) electrons. The van der Waals surface area contributed by atoms with Crippen LogP contribution in [0, 0.1) is 0 Å². The van der Waals surface area contributed by atoms with Gasteiger partial charge in [0.25, 0.3) is 0 Å². The van der Waals surface area contributed by atoms with E-state index in [1.165, 1.54) is 0 Å². The van der Waals surface area contributed by atoms with Crippen molar-refractivity contribution in [1.82, 2.24) is 0 Å². The van der Waals surface area contributed by atoms with Gasteiger partial charge in [0.2, 0.25) is 0 Å². The minimum absolute atomic E-state index is 0.511. The van der Waals surface area contributed by atoms with E-state index in [0.717, 1.165) is 5.25 Å². The molecule has 0 saturated carbocycles. The molecule has 0 bridgehead atoms. The van der Waals surface area contributed by atoms with Crippen LogP contribution in [0.5, 0.6) is 0 Å². The smallest absolute Gasteiger partial charge is 0.0135 e. The number of thiol groups is 1. The normalized spacial score (nSPS) is 18.0. The van der Waals surface area contributed by atoms with Crippen molar-refractivity contribution in [3.63, 3.8) is 0 Å². The van der Waals surface area contributed by atoms with Crippen LogP contribution in [0.15, 0.2) is 0 Å².